The van der Waals surface area contributed by atoms with Gasteiger partial charge in [0.2, 0.25) is 0 Å². The fourth-order valence-electron chi connectivity index (χ4n) is 8.13. The minimum absolute atomic E-state index is 0.643. The molecule has 244 valence electrons. The zero-order valence-electron chi connectivity index (χ0n) is 28.1. The van der Waals surface area contributed by atoms with Gasteiger partial charge in [-0.15, -0.1) is 0 Å². The van der Waals surface area contributed by atoms with E-state index >= 15 is 0 Å². The fraction of sp³-hybridized carbons (Fsp3) is 0.0426. The largest absolute Gasteiger partial charge is 0.455 e. The fourth-order valence-corrected chi connectivity index (χ4v) is 8.13. The van der Waals surface area contributed by atoms with Crippen LogP contribution >= 0.6 is 0 Å². The number of nitrogens with zero attached hydrogens (tertiary/aromatic N) is 4. The highest BCUT2D eigenvalue weighted by atomic mass is 16.3. The molecule has 0 saturated carbocycles. The molecule has 1 aliphatic rings. The molecule has 1 aliphatic carbocycles. The smallest absolute Gasteiger partial charge is 0.164 e. The third-order valence-corrected chi connectivity index (χ3v) is 10.5. The van der Waals surface area contributed by atoms with Gasteiger partial charge in [0.05, 0.1) is 11.0 Å². The Morgan fingerprint density at radius 2 is 1.04 bits per heavy atom. The number of furan rings is 1. The summed E-state index contributed by atoms with van der Waals surface area (Å²) < 4.78 is 9.59. The lowest BCUT2D eigenvalue weighted by molar-refractivity contribution is 0.568. The van der Waals surface area contributed by atoms with Crippen LogP contribution in [0.1, 0.15) is 18.7 Å². The van der Waals surface area contributed by atoms with E-state index in [0.717, 1.165) is 55.5 Å². The van der Waals surface area contributed by atoms with Crippen molar-refractivity contribution < 1.29 is 4.42 Å². The molecule has 52 heavy (non-hydrogen) atoms. The minimum atomic E-state index is 0.643. The lowest BCUT2D eigenvalue weighted by Crippen LogP contribution is -2.32. The first-order valence-electron chi connectivity index (χ1n) is 17.7. The molecule has 11 rings (SSSR count). The number of fused-ring (bicyclic) bond motifs is 9. The molecule has 10 aromatic rings. The van der Waals surface area contributed by atoms with Crippen LogP contribution in [0.15, 0.2) is 162 Å². The van der Waals surface area contributed by atoms with Crippen LogP contribution < -0.4 is 10.6 Å². The van der Waals surface area contributed by atoms with Crippen molar-refractivity contribution >= 4 is 65.6 Å². The normalized spacial score (nSPS) is 13.2. The van der Waals surface area contributed by atoms with E-state index in [-0.39, 0.29) is 0 Å². The first-order valence-corrected chi connectivity index (χ1v) is 17.7. The van der Waals surface area contributed by atoms with E-state index < -0.39 is 0 Å². The average molecular weight is 667 g/mol. The predicted octanol–water partition coefficient (Wildman–Crippen LogP) is 10.0. The van der Waals surface area contributed by atoms with Gasteiger partial charge in [-0.1, -0.05) is 133 Å². The Bertz CT molecular complexity index is 3120. The van der Waals surface area contributed by atoms with Gasteiger partial charge in [0.15, 0.2) is 17.5 Å². The Morgan fingerprint density at radius 3 is 1.77 bits per heavy atom. The molecule has 3 heterocycles. The van der Waals surface area contributed by atoms with Crippen molar-refractivity contribution in [2.24, 2.45) is 0 Å². The van der Waals surface area contributed by atoms with Crippen molar-refractivity contribution in [3.63, 3.8) is 0 Å². The topological polar surface area (TPSA) is 56.7 Å². The molecule has 0 fully saturated rings. The van der Waals surface area contributed by atoms with E-state index in [9.17, 15) is 0 Å². The minimum Gasteiger partial charge on any atom is -0.455 e. The number of para-hydroxylation sites is 1. The molecule has 0 N–H and O–H groups in total. The Hall–Kier alpha value is -6.85. The molecule has 7 aromatic carbocycles. The second kappa shape index (κ2) is 11.3. The van der Waals surface area contributed by atoms with Crippen LogP contribution in [-0.4, -0.2) is 19.5 Å². The lowest BCUT2D eigenvalue weighted by atomic mass is 9.98. The molecular weight excluding hydrogens is 637 g/mol. The van der Waals surface area contributed by atoms with Crippen molar-refractivity contribution in [2.75, 3.05) is 0 Å². The summed E-state index contributed by atoms with van der Waals surface area (Å²) >= 11 is 0. The van der Waals surface area contributed by atoms with E-state index in [1.165, 1.54) is 38.3 Å². The van der Waals surface area contributed by atoms with E-state index in [1.54, 1.807) is 0 Å². The van der Waals surface area contributed by atoms with Gasteiger partial charge in [0.1, 0.15) is 11.0 Å². The second-order valence-electron chi connectivity index (χ2n) is 13.5. The van der Waals surface area contributed by atoms with Crippen LogP contribution in [0.4, 0.5) is 0 Å². The summed E-state index contributed by atoms with van der Waals surface area (Å²) in [5.74, 6) is 1.93. The van der Waals surface area contributed by atoms with Crippen LogP contribution in [0.2, 0.25) is 0 Å². The van der Waals surface area contributed by atoms with Gasteiger partial charge in [-0.2, -0.15) is 0 Å². The summed E-state index contributed by atoms with van der Waals surface area (Å²) in [6.07, 6.45) is 1.48. The lowest BCUT2D eigenvalue weighted by Gasteiger charge is -2.18. The molecule has 0 aliphatic heterocycles. The molecule has 0 amide bonds. The summed E-state index contributed by atoms with van der Waals surface area (Å²) in [7, 11) is 0. The van der Waals surface area contributed by atoms with Crippen molar-refractivity contribution in [3.05, 3.63) is 174 Å². The molecule has 0 unspecified atom stereocenters. The molecule has 0 atom stereocenters. The SMILES string of the molecule is c1ccc(-c2nc(C3=c4oc5c(ccc6ccccc65)c4=C(n4c5ccccc5c5cc6ccccc6cc54)CC3)nc(-c3ccccc3)n2)cc1. The number of aromatic nitrogens is 4. The van der Waals surface area contributed by atoms with E-state index in [4.69, 9.17) is 19.4 Å². The van der Waals surface area contributed by atoms with Crippen LogP contribution in [-0.2, 0) is 0 Å². The van der Waals surface area contributed by atoms with Gasteiger partial charge in [-0.3, -0.25) is 0 Å². The quantitative estimate of drug-likeness (QED) is 0.188. The first-order chi connectivity index (χ1) is 25.8. The van der Waals surface area contributed by atoms with E-state index in [1.807, 2.05) is 36.4 Å². The van der Waals surface area contributed by atoms with E-state index in [2.05, 4.69) is 126 Å². The Kier molecular flexibility index (Phi) is 6.31. The zero-order valence-corrected chi connectivity index (χ0v) is 28.1. The molecule has 0 saturated heterocycles. The third-order valence-electron chi connectivity index (χ3n) is 10.5. The standard InChI is InChI=1S/C47H30N4O/c1-3-14-30(15-4-1)45-48-46(31-16-5-2-6-17-31)50-47(49-45)37-25-26-40(42-36-24-23-29-13-9-10-20-34(29)43(36)52-44(37)42)51-39-22-12-11-21-35(39)38-27-32-18-7-8-19-33(32)28-41(38)51/h1-24,27-28H,25-26H2. The summed E-state index contributed by atoms with van der Waals surface area (Å²) in [5, 5.41) is 9.36. The van der Waals surface area contributed by atoms with Gasteiger partial charge in [0, 0.05) is 49.2 Å². The van der Waals surface area contributed by atoms with Crippen molar-refractivity contribution in [2.45, 2.75) is 12.8 Å². The van der Waals surface area contributed by atoms with Crippen molar-refractivity contribution in [1.29, 1.82) is 0 Å². The van der Waals surface area contributed by atoms with Crippen LogP contribution in [0.3, 0.4) is 0 Å². The molecule has 3 aromatic heterocycles. The first kappa shape index (κ1) is 28.9. The summed E-state index contributed by atoms with van der Waals surface area (Å²) in [6, 6.07) is 55.3. The number of benzene rings is 7. The third kappa shape index (κ3) is 4.39. The average Bonchev–Trinajstić information content (AvgIpc) is 3.77. The number of hydrogen-bond donors (Lipinski definition) is 0. The number of rotatable bonds is 4. The highest BCUT2D eigenvalue weighted by Crippen LogP contribution is 2.37. The molecule has 5 nitrogen and oxygen atoms in total. The van der Waals surface area contributed by atoms with Crippen LogP contribution in [0, 0.1) is 0 Å². The highest BCUT2D eigenvalue weighted by molar-refractivity contribution is 6.14. The summed E-state index contributed by atoms with van der Waals surface area (Å²) in [4.78, 5) is 15.3. The van der Waals surface area contributed by atoms with Gasteiger partial charge in [0.25, 0.3) is 0 Å². The Balaban J connectivity index is 1.30. The molecule has 0 radical (unpaired) electrons. The molecule has 5 heteroatoms. The summed E-state index contributed by atoms with van der Waals surface area (Å²) in [6.45, 7) is 0. The number of hydrogen-bond acceptors (Lipinski definition) is 4. The predicted molar refractivity (Wildman–Crippen MR) is 211 cm³/mol. The van der Waals surface area contributed by atoms with Gasteiger partial charge in [-0.05, 0) is 53.3 Å². The molecule has 0 spiro atoms. The van der Waals surface area contributed by atoms with E-state index in [0.29, 0.717) is 23.9 Å². The van der Waals surface area contributed by atoms with Crippen molar-refractivity contribution in [1.82, 2.24) is 19.5 Å². The Morgan fingerprint density at radius 1 is 0.442 bits per heavy atom. The second-order valence-corrected chi connectivity index (χ2v) is 13.5. The maximum Gasteiger partial charge on any atom is 0.164 e. The summed E-state index contributed by atoms with van der Waals surface area (Å²) in [5.41, 5.74) is 8.18. The molecule has 0 bridgehead atoms. The van der Waals surface area contributed by atoms with Gasteiger partial charge < -0.3 is 8.98 Å². The molecular formula is C47H30N4O. The monoisotopic (exact) mass is 666 g/mol. The highest BCUT2D eigenvalue weighted by Gasteiger charge is 2.26. The van der Waals surface area contributed by atoms with Gasteiger partial charge in [-0.25, -0.2) is 15.0 Å². The van der Waals surface area contributed by atoms with Crippen molar-refractivity contribution in [3.8, 4) is 22.8 Å². The van der Waals surface area contributed by atoms with Crippen LogP contribution in [0.5, 0.6) is 0 Å². The van der Waals surface area contributed by atoms with Crippen LogP contribution in [0.25, 0.3) is 88.4 Å². The maximum absolute atomic E-state index is 7.11. The Labute approximate surface area is 298 Å². The van der Waals surface area contributed by atoms with Gasteiger partial charge >= 0.3 is 0 Å². The maximum atomic E-state index is 7.11. The zero-order chi connectivity index (χ0) is 34.2.